The second kappa shape index (κ2) is 8.31. The van der Waals surface area contributed by atoms with Crippen LogP contribution in [-0.2, 0) is 6.42 Å². The van der Waals surface area contributed by atoms with Gasteiger partial charge in [0.15, 0.2) is 0 Å². The fourth-order valence-corrected chi connectivity index (χ4v) is 3.14. The van der Waals surface area contributed by atoms with Crippen molar-refractivity contribution in [3.05, 3.63) is 83.1 Å². The summed E-state index contributed by atoms with van der Waals surface area (Å²) in [6.45, 7) is 2.18. The molecular weight excluding hydrogens is 331 g/mol. The highest BCUT2D eigenvalue weighted by molar-refractivity contribution is 6.30. The summed E-state index contributed by atoms with van der Waals surface area (Å²) in [7, 11) is 0. The van der Waals surface area contributed by atoms with Crippen LogP contribution in [0.15, 0.2) is 66.7 Å². The largest absolute Gasteiger partial charge is 0.206 e. The van der Waals surface area contributed by atoms with Gasteiger partial charge in [-0.1, -0.05) is 79.9 Å². The van der Waals surface area contributed by atoms with Gasteiger partial charge in [-0.3, -0.25) is 0 Å². The molecule has 3 aromatic carbocycles. The number of hydrogen-bond acceptors (Lipinski definition) is 0. The smallest absolute Gasteiger partial charge is 0.131 e. The van der Waals surface area contributed by atoms with Crippen LogP contribution in [0.5, 0.6) is 0 Å². The zero-order valence-corrected chi connectivity index (χ0v) is 15.2. The lowest BCUT2D eigenvalue weighted by atomic mass is 9.98. The van der Waals surface area contributed by atoms with Crippen molar-refractivity contribution in [2.24, 2.45) is 0 Å². The molecule has 0 aliphatic heterocycles. The van der Waals surface area contributed by atoms with Crippen molar-refractivity contribution in [3.63, 3.8) is 0 Å². The third kappa shape index (κ3) is 4.49. The van der Waals surface area contributed by atoms with Crippen LogP contribution in [0, 0.1) is 5.82 Å². The topological polar surface area (TPSA) is 0 Å². The molecule has 0 nitrogen and oxygen atoms in total. The van der Waals surface area contributed by atoms with Gasteiger partial charge in [0.25, 0.3) is 0 Å². The van der Waals surface area contributed by atoms with E-state index in [4.69, 9.17) is 11.6 Å². The van der Waals surface area contributed by atoms with Crippen molar-refractivity contribution in [1.29, 1.82) is 0 Å². The predicted octanol–water partition coefficient (Wildman–Crippen LogP) is 7.55. The van der Waals surface area contributed by atoms with Crippen molar-refractivity contribution in [3.8, 4) is 22.3 Å². The van der Waals surface area contributed by atoms with Crippen LogP contribution in [0.4, 0.5) is 4.39 Å². The van der Waals surface area contributed by atoms with Crippen LogP contribution < -0.4 is 0 Å². The number of aryl methyl sites for hydroxylation is 1. The van der Waals surface area contributed by atoms with Crippen LogP contribution >= 0.6 is 11.6 Å². The molecule has 2 heteroatoms. The zero-order valence-electron chi connectivity index (χ0n) is 14.4. The van der Waals surface area contributed by atoms with Crippen molar-refractivity contribution in [2.75, 3.05) is 0 Å². The molecule has 0 aromatic heterocycles. The lowest BCUT2D eigenvalue weighted by molar-refractivity contribution is 0.626. The van der Waals surface area contributed by atoms with E-state index in [1.807, 2.05) is 60.7 Å². The van der Waals surface area contributed by atoms with E-state index in [9.17, 15) is 4.39 Å². The van der Waals surface area contributed by atoms with E-state index in [0.717, 1.165) is 40.1 Å². The molecule has 0 atom stereocenters. The maximum absolute atomic E-state index is 14.5. The Kier molecular flexibility index (Phi) is 5.88. The molecule has 0 radical (unpaired) electrons. The maximum Gasteiger partial charge on any atom is 0.131 e. The molecule has 0 saturated heterocycles. The first-order chi connectivity index (χ1) is 12.2. The maximum atomic E-state index is 14.5. The third-order valence-corrected chi connectivity index (χ3v) is 4.73. The average molecular weight is 353 g/mol. The molecule has 0 aliphatic carbocycles. The number of benzene rings is 3. The summed E-state index contributed by atoms with van der Waals surface area (Å²) in [6, 6.07) is 21.3. The minimum absolute atomic E-state index is 0.145. The summed E-state index contributed by atoms with van der Waals surface area (Å²) in [6.07, 6.45) is 4.43. The molecule has 0 spiro atoms. The minimum Gasteiger partial charge on any atom is -0.206 e. The normalized spacial score (nSPS) is 10.8. The lowest BCUT2D eigenvalue weighted by Gasteiger charge is -2.08. The van der Waals surface area contributed by atoms with Gasteiger partial charge in [-0.15, -0.1) is 0 Å². The van der Waals surface area contributed by atoms with E-state index in [1.54, 1.807) is 6.07 Å². The van der Waals surface area contributed by atoms with E-state index < -0.39 is 0 Å². The number of halogens is 2. The molecule has 0 N–H and O–H groups in total. The third-order valence-electron chi connectivity index (χ3n) is 4.48. The standard InChI is InChI=1S/C23H22ClF/c1-2-3-4-5-17-6-15-22(23(25)16-17)20-9-7-18(8-10-20)19-11-13-21(24)14-12-19/h6-16H,2-5H2,1H3. The van der Waals surface area contributed by atoms with Gasteiger partial charge in [0.05, 0.1) is 0 Å². The minimum atomic E-state index is -0.145. The molecule has 25 heavy (non-hydrogen) atoms. The van der Waals surface area contributed by atoms with E-state index in [2.05, 4.69) is 6.92 Å². The Morgan fingerprint density at radius 1 is 0.760 bits per heavy atom. The second-order valence-corrected chi connectivity index (χ2v) is 6.79. The summed E-state index contributed by atoms with van der Waals surface area (Å²) in [5.74, 6) is -0.145. The summed E-state index contributed by atoms with van der Waals surface area (Å²) in [5, 5.41) is 0.724. The second-order valence-electron chi connectivity index (χ2n) is 6.36. The highest BCUT2D eigenvalue weighted by Gasteiger charge is 2.07. The lowest BCUT2D eigenvalue weighted by Crippen LogP contribution is -1.90. The van der Waals surface area contributed by atoms with Gasteiger partial charge >= 0.3 is 0 Å². The Labute approximate surface area is 154 Å². The van der Waals surface area contributed by atoms with E-state index in [0.29, 0.717) is 5.56 Å². The van der Waals surface area contributed by atoms with Crippen LogP contribution in [0.3, 0.4) is 0 Å². The highest BCUT2D eigenvalue weighted by atomic mass is 35.5. The van der Waals surface area contributed by atoms with Gasteiger partial charge in [-0.25, -0.2) is 4.39 Å². The van der Waals surface area contributed by atoms with Gasteiger partial charge in [0, 0.05) is 10.6 Å². The first-order valence-corrected chi connectivity index (χ1v) is 9.20. The van der Waals surface area contributed by atoms with Crippen molar-refractivity contribution >= 4 is 11.6 Å². The quantitative estimate of drug-likeness (QED) is 0.402. The van der Waals surface area contributed by atoms with E-state index in [-0.39, 0.29) is 5.82 Å². The van der Waals surface area contributed by atoms with Gasteiger partial charge in [-0.2, -0.15) is 0 Å². The number of unbranched alkanes of at least 4 members (excludes halogenated alkanes) is 2. The molecule has 0 heterocycles. The molecule has 0 saturated carbocycles. The van der Waals surface area contributed by atoms with Gasteiger partial charge in [0.2, 0.25) is 0 Å². The highest BCUT2D eigenvalue weighted by Crippen LogP contribution is 2.28. The SMILES string of the molecule is CCCCCc1ccc(-c2ccc(-c3ccc(Cl)cc3)cc2)c(F)c1. The van der Waals surface area contributed by atoms with Crippen LogP contribution in [0.1, 0.15) is 31.7 Å². The van der Waals surface area contributed by atoms with Crippen molar-refractivity contribution in [2.45, 2.75) is 32.6 Å². The van der Waals surface area contributed by atoms with Gasteiger partial charge in [-0.05, 0) is 53.3 Å². The molecule has 3 rings (SSSR count). The molecular formula is C23H22ClF. The molecule has 0 fully saturated rings. The van der Waals surface area contributed by atoms with Crippen molar-refractivity contribution in [1.82, 2.24) is 0 Å². The van der Waals surface area contributed by atoms with Crippen LogP contribution in [0.25, 0.3) is 22.3 Å². The fraction of sp³-hybridized carbons (Fsp3) is 0.217. The Morgan fingerprint density at radius 2 is 1.36 bits per heavy atom. The molecule has 0 amide bonds. The average Bonchev–Trinajstić information content (AvgIpc) is 2.63. The Balaban J connectivity index is 1.78. The molecule has 0 bridgehead atoms. The monoisotopic (exact) mass is 352 g/mol. The molecule has 0 unspecified atom stereocenters. The predicted molar refractivity (Wildman–Crippen MR) is 106 cm³/mol. The van der Waals surface area contributed by atoms with Crippen LogP contribution in [-0.4, -0.2) is 0 Å². The summed E-state index contributed by atoms with van der Waals surface area (Å²) >= 11 is 5.93. The van der Waals surface area contributed by atoms with Gasteiger partial charge < -0.3 is 0 Å². The van der Waals surface area contributed by atoms with Gasteiger partial charge in [0.1, 0.15) is 5.82 Å². The molecule has 0 aliphatic rings. The summed E-state index contributed by atoms with van der Waals surface area (Å²) < 4.78 is 14.5. The van der Waals surface area contributed by atoms with Crippen LogP contribution in [0.2, 0.25) is 5.02 Å². The Bertz CT molecular complexity index is 820. The summed E-state index contributed by atoms with van der Waals surface area (Å²) in [4.78, 5) is 0. The van der Waals surface area contributed by atoms with E-state index >= 15 is 0 Å². The fourth-order valence-electron chi connectivity index (χ4n) is 3.01. The Hall–Kier alpha value is -2.12. The molecule has 128 valence electrons. The molecule has 3 aromatic rings. The first-order valence-electron chi connectivity index (χ1n) is 8.82. The first kappa shape index (κ1) is 17.7. The number of rotatable bonds is 6. The van der Waals surface area contributed by atoms with E-state index in [1.165, 1.54) is 12.8 Å². The zero-order chi connectivity index (χ0) is 17.6. The number of hydrogen-bond donors (Lipinski definition) is 0. The Morgan fingerprint density at radius 3 is 1.96 bits per heavy atom. The van der Waals surface area contributed by atoms with Crippen molar-refractivity contribution < 1.29 is 4.39 Å². The summed E-state index contributed by atoms with van der Waals surface area (Å²) in [5.41, 5.74) is 4.82.